The number of nitrogen functional groups attached to an aromatic ring is 1. The molecule has 0 fully saturated rings. The Kier molecular flexibility index (Phi) is 3.13. The van der Waals surface area contributed by atoms with E-state index in [0.29, 0.717) is 11.4 Å². The second kappa shape index (κ2) is 5.09. The van der Waals surface area contributed by atoms with Gasteiger partial charge in [0.05, 0.1) is 17.6 Å². The Balaban J connectivity index is 2.13. The van der Waals surface area contributed by atoms with Crippen LogP contribution >= 0.6 is 0 Å². The number of nitrogens with zero attached hydrogens (tertiary/aromatic N) is 1. The molecule has 0 saturated carbocycles. The highest BCUT2D eigenvalue weighted by Gasteiger charge is 2.10. The standard InChI is InChI=1S/C16H15N3O/c1-18-15-12-8-5-9-14(16(12)19-10-13(15)17)20-11-6-3-2-4-7-11/h2-10H,17H2,1H3,(H,18,19). The molecule has 0 saturated heterocycles. The maximum Gasteiger partial charge on any atom is 0.153 e. The summed E-state index contributed by atoms with van der Waals surface area (Å²) < 4.78 is 5.90. The predicted molar refractivity (Wildman–Crippen MR) is 82.2 cm³/mol. The van der Waals surface area contributed by atoms with Gasteiger partial charge in [0, 0.05) is 12.4 Å². The minimum Gasteiger partial charge on any atom is -0.455 e. The molecule has 0 unspecified atom stereocenters. The molecule has 0 spiro atoms. The Morgan fingerprint density at radius 2 is 1.85 bits per heavy atom. The molecule has 3 rings (SSSR count). The highest BCUT2D eigenvalue weighted by molar-refractivity contribution is 5.99. The van der Waals surface area contributed by atoms with Crippen LogP contribution in [0, 0.1) is 0 Å². The predicted octanol–water partition coefficient (Wildman–Crippen LogP) is 3.65. The molecule has 1 aromatic heterocycles. The van der Waals surface area contributed by atoms with E-state index in [1.807, 2.05) is 55.6 Å². The summed E-state index contributed by atoms with van der Waals surface area (Å²) in [4.78, 5) is 4.40. The van der Waals surface area contributed by atoms with Crippen LogP contribution in [0.3, 0.4) is 0 Å². The van der Waals surface area contributed by atoms with Crippen molar-refractivity contribution in [3.05, 3.63) is 54.7 Å². The van der Waals surface area contributed by atoms with Gasteiger partial charge >= 0.3 is 0 Å². The van der Waals surface area contributed by atoms with Gasteiger partial charge in [-0.05, 0) is 18.2 Å². The lowest BCUT2D eigenvalue weighted by Crippen LogP contribution is -1.99. The fourth-order valence-electron chi connectivity index (χ4n) is 2.19. The summed E-state index contributed by atoms with van der Waals surface area (Å²) in [5.41, 5.74) is 8.21. The van der Waals surface area contributed by atoms with Crippen LogP contribution in [0.1, 0.15) is 0 Å². The van der Waals surface area contributed by atoms with Gasteiger partial charge in [-0.2, -0.15) is 0 Å². The second-order valence-corrected chi connectivity index (χ2v) is 4.41. The largest absolute Gasteiger partial charge is 0.455 e. The molecule has 1 heterocycles. The number of rotatable bonds is 3. The Labute approximate surface area is 117 Å². The number of para-hydroxylation sites is 2. The van der Waals surface area contributed by atoms with Crippen LogP contribution in [0.5, 0.6) is 11.5 Å². The van der Waals surface area contributed by atoms with Gasteiger partial charge in [0.25, 0.3) is 0 Å². The van der Waals surface area contributed by atoms with Crippen molar-refractivity contribution < 1.29 is 4.74 Å². The number of fused-ring (bicyclic) bond motifs is 1. The van der Waals surface area contributed by atoms with Crippen LogP contribution in [0.4, 0.5) is 11.4 Å². The lowest BCUT2D eigenvalue weighted by Gasteiger charge is -2.12. The molecule has 20 heavy (non-hydrogen) atoms. The molecule has 2 aromatic carbocycles. The molecule has 4 heteroatoms. The smallest absolute Gasteiger partial charge is 0.153 e. The van der Waals surface area contributed by atoms with Gasteiger partial charge in [0.2, 0.25) is 0 Å². The van der Waals surface area contributed by atoms with Crippen LogP contribution in [0.15, 0.2) is 54.7 Å². The molecule has 0 atom stereocenters. The van der Waals surface area contributed by atoms with Gasteiger partial charge in [-0.25, -0.2) is 0 Å². The highest BCUT2D eigenvalue weighted by Crippen LogP contribution is 2.34. The number of hydrogen-bond donors (Lipinski definition) is 2. The third kappa shape index (κ3) is 2.12. The minimum absolute atomic E-state index is 0.622. The Bertz CT molecular complexity index is 741. The quantitative estimate of drug-likeness (QED) is 0.758. The van der Waals surface area contributed by atoms with Crippen molar-refractivity contribution in [2.75, 3.05) is 18.1 Å². The van der Waals surface area contributed by atoms with Crippen molar-refractivity contribution in [1.29, 1.82) is 0 Å². The number of benzene rings is 2. The third-order valence-corrected chi connectivity index (χ3v) is 3.11. The summed E-state index contributed by atoms with van der Waals surface area (Å²) in [6.45, 7) is 0. The summed E-state index contributed by atoms with van der Waals surface area (Å²) in [7, 11) is 1.84. The molecule has 4 nitrogen and oxygen atoms in total. The van der Waals surface area contributed by atoms with Crippen molar-refractivity contribution in [2.24, 2.45) is 0 Å². The summed E-state index contributed by atoms with van der Waals surface area (Å²) in [5.74, 6) is 1.50. The minimum atomic E-state index is 0.622. The number of aromatic nitrogens is 1. The van der Waals surface area contributed by atoms with Crippen LogP contribution in [0.2, 0.25) is 0 Å². The van der Waals surface area contributed by atoms with E-state index in [9.17, 15) is 0 Å². The van der Waals surface area contributed by atoms with E-state index in [4.69, 9.17) is 10.5 Å². The molecule has 0 amide bonds. The van der Waals surface area contributed by atoms with E-state index >= 15 is 0 Å². The van der Waals surface area contributed by atoms with Gasteiger partial charge in [-0.1, -0.05) is 30.3 Å². The first-order valence-corrected chi connectivity index (χ1v) is 6.37. The van der Waals surface area contributed by atoms with Crippen molar-refractivity contribution >= 4 is 22.3 Å². The monoisotopic (exact) mass is 265 g/mol. The van der Waals surface area contributed by atoms with Crippen LogP contribution in [-0.2, 0) is 0 Å². The van der Waals surface area contributed by atoms with Crippen molar-refractivity contribution in [3.8, 4) is 11.5 Å². The molecule has 0 aliphatic rings. The van der Waals surface area contributed by atoms with Crippen LogP contribution < -0.4 is 15.8 Å². The van der Waals surface area contributed by atoms with Gasteiger partial charge < -0.3 is 15.8 Å². The number of pyridine rings is 1. The van der Waals surface area contributed by atoms with E-state index in [-0.39, 0.29) is 0 Å². The number of nitrogens with two attached hydrogens (primary N) is 1. The molecule has 100 valence electrons. The van der Waals surface area contributed by atoms with Gasteiger partial charge in [0.1, 0.15) is 11.3 Å². The zero-order valence-electron chi connectivity index (χ0n) is 11.1. The maximum absolute atomic E-state index is 5.93. The van der Waals surface area contributed by atoms with E-state index in [1.54, 1.807) is 6.20 Å². The van der Waals surface area contributed by atoms with Crippen LogP contribution in [-0.4, -0.2) is 12.0 Å². The van der Waals surface area contributed by atoms with Crippen molar-refractivity contribution in [3.63, 3.8) is 0 Å². The number of nitrogens with one attached hydrogen (secondary N) is 1. The third-order valence-electron chi connectivity index (χ3n) is 3.11. The summed E-state index contributed by atoms with van der Waals surface area (Å²) in [6, 6.07) is 15.5. The van der Waals surface area contributed by atoms with E-state index in [0.717, 1.165) is 22.3 Å². The second-order valence-electron chi connectivity index (χ2n) is 4.41. The Hall–Kier alpha value is -2.75. The lowest BCUT2D eigenvalue weighted by atomic mass is 10.1. The first kappa shape index (κ1) is 12.3. The summed E-state index contributed by atoms with van der Waals surface area (Å²) in [5, 5.41) is 4.05. The van der Waals surface area contributed by atoms with E-state index in [2.05, 4.69) is 10.3 Å². The Morgan fingerprint density at radius 3 is 2.60 bits per heavy atom. The first-order valence-electron chi connectivity index (χ1n) is 6.37. The normalized spacial score (nSPS) is 10.4. The maximum atomic E-state index is 5.93. The summed E-state index contributed by atoms with van der Waals surface area (Å²) in [6.07, 6.45) is 1.64. The molecule has 0 radical (unpaired) electrons. The van der Waals surface area contributed by atoms with Gasteiger partial charge in [-0.15, -0.1) is 0 Å². The fourth-order valence-corrected chi connectivity index (χ4v) is 2.19. The van der Waals surface area contributed by atoms with Crippen LogP contribution in [0.25, 0.3) is 10.9 Å². The molecular weight excluding hydrogens is 250 g/mol. The van der Waals surface area contributed by atoms with E-state index < -0.39 is 0 Å². The lowest BCUT2D eigenvalue weighted by molar-refractivity contribution is 0.487. The number of anilines is 2. The van der Waals surface area contributed by atoms with Crippen molar-refractivity contribution in [2.45, 2.75) is 0 Å². The average molecular weight is 265 g/mol. The van der Waals surface area contributed by atoms with Gasteiger partial charge in [0.15, 0.2) is 5.75 Å². The molecule has 3 N–H and O–H groups in total. The first-order chi connectivity index (χ1) is 9.79. The molecule has 0 aliphatic heterocycles. The molecule has 0 bridgehead atoms. The molecular formula is C16H15N3O. The number of ether oxygens (including phenoxy) is 1. The Morgan fingerprint density at radius 1 is 1.05 bits per heavy atom. The summed E-state index contributed by atoms with van der Waals surface area (Å²) >= 11 is 0. The van der Waals surface area contributed by atoms with E-state index in [1.165, 1.54) is 0 Å². The molecule has 3 aromatic rings. The zero-order chi connectivity index (χ0) is 13.9. The molecule has 0 aliphatic carbocycles. The topological polar surface area (TPSA) is 60.2 Å². The zero-order valence-corrected chi connectivity index (χ0v) is 11.1. The number of hydrogen-bond acceptors (Lipinski definition) is 4. The SMILES string of the molecule is CNc1c(N)cnc2c(Oc3ccccc3)cccc12. The van der Waals surface area contributed by atoms with Crippen molar-refractivity contribution in [1.82, 2.24) is 4.98 Å². The van der Waals surface area contributed by atoms with Gasteiger partial charge in [-0.3, -0.25) is 4.98 Å². The highest BCUT2D eigenvalue weighted by atomic mass is 16.5. The average Bonchev–Trinajstić information content (AvgIpc) is 2.48. The fraction of sp³-hybridized carbons (Fsp3) is 0.0625.